The van der Waals surface area contributed by atoms with Gasteiger partial charge in [0.1, 0.15) is 18.9 Å². The molecule has 0 radical (unpaired) electrons. The van der Waals surface area contributed by atoms with Gasteiger partial charge >= 0.3 is 12.1 Å². The quantitative estimate of drug-likeness (QED) is 0.0684. The molecule has 4 amide bonds. The van der Waals surface area contributed by atoms with Crippen LogP contribution in [-0.4, -0.2) is 103 Å². The van der Waals surface area contributed by atoms with E-state index in [0.29, 0.717) is 34.0 Å². The van der Waals surface area contributed by atoms with Crippen LogP contribution in [0.2, 0.25) is 0 Å². The van der Waals surface area contributed by atoms with E-state index in [0.717, 1.165) is 0 Å². The molecule has 5 rings (SSSR count). The summed E-state index contributed by atoms with van der Waals surface area (Å²) < 4.78 is 11.2. The van der Waals surface area contributed by atoms with Crippen LogP contribution in [0.4, 0.5) is 16.2 Å². The number of primary amides is 1. The molecule has 0 bridgehead atoms. The number of esters is 1. The Balaban J connectivity index is 1.32. The summed E-state index contributed by atoms with van der Waals surface area (Å²) in [7, 11) is 0. The second-order valence-electron chi connectivity index (χ2n) is 13.3. The summed E-state index contributed by atoms with van der Waals surface area (Å²) in [5.41, 5.74) is 5.96. The fourth-order valence-electron chi connectivity index (χ4n) is 6.72. The van der Waals surface area contributed by atoms with Crippen molar-refractivity contribution in [1.29, 1.82) is 0 Å². The van der Waals surface area contributed by atoms with Gasteiger partial charge in [0, 0.05) is 70.9 Å². The van der Waals surface area contributed by atoms with Gasteiger partial charge < -0.3 is 35.4 Å². The lowest BCUT2D eigenvalue weighted by Gasteiger charge is -2.46. The van der Waals surface area contributed by atoms with E-state index in [1.807, 2.05) is 6.92 Å². The Morgan fingerprint density at radius 3 is 2.13 bits per heavy atom. The molecule has 4 N–H and O–H groups in total. The first kappa shape index (κ1) is 41.0. The average molecular weight is 801 g/mol. The smallest absolute Gasteiger partial charge is 0.410 e. The molecule has 18 nitrogen and oxygen atoms in total. The second-order valence-corrected chi connectivity index (χ2v) is 15.8. The van der Waals surface area contributed by atoms with Crippen molar-refractivity contribution in [2.75, 3.05) is 24.6 Å². The molecule has 3 aliphatic rings. The first-order valence-corrected chi connectivity index (χ1v) is 19.3. The van der Waals surface area contributed by atoms with Crippen molar-refractivity contribution >= 4 is 64.7 Å². The largest absolute Gasteiger partial charge is 0.456 e. The lowest BCUT2D eigenvalue weighted by atomic mass is 9.79. The maximum Gasteiger partial charge on any atom is 0.410 e. The van der Waals surface area contributed by atoms with E-state index in [-0.39, 0.29) is 72.9 Å². The highest BCUT2D eigenvalue weighted by molar-refractivity contribution is 8.03. The van der Waals surface area contributed by atoms with Crippen LogP contribution in [-0.2, 0) is 41.9 Å². The predicted molar refractivity (Wildman–Crippen MR) is 199 cm³/mol. The summed E-state index contributed by atoms with van der Waals surface area (Å²) in [6.07, 6.45) is -1.03. The van der Waals surface area contributed by atoms with Gasteiger partial charge in [-0.05, 0) is 48.7 Å². The first-order valence-electron chi connectivity index (χ1n) is 17.3. The number of nitrogens with two attached hydrogens (primary N) is 1. The number of aliphatic hydroxyl groups excluding tert-OH is 1. The fraction of sp³-hybridized carbons (Fsp3) is 0.457. The molecule has 1 unspecified atom stereocenters. The molecule has 2 aromatic rings. The van der Waals surface area contributed by atoms with Gasteiger partial charge in [0.2, 0.25) is 17.7 Å². The minimum absolute atomic E-state index is 0.0541. The van der Waals surface area contributed by atoms with E-state index in [1.165, 1.54) is 83.9 Å². The zero-order chi connectivity index (χ0) is 40.0. The number of carbonyl (C=O) groups is 5. The van der Waals surface area contributed by atoms with Gasteiger partial charge in [-0.1, -0.05) is 6.92 Å². The molecule has 20 heteroatoms. The van der Waals surface area contributed by atoms with Crippen molar-refractivity contribution in [3.63, 3.8) is 0 Å². The van der Waals surface area contributed by atoms with Crippen molar-refractivity contribution in [1.82, 2.24) is 15.1 Å². The number of β-lactam (4-membered cyclic amide) rings is 1. The monoisotopic (exact) mass is 800 g/mol. The number of ether oxygens (including phenoxy) is 2. The summed E-state index contributed by atoms with van der Waals surface area (Å²) >= 11 is 2.77. The molecule has 3 heterocycles. The molecule has 2 saturated heterocycles. The minimum atomic E-state index is -0.968. The lowest BCUT2D eigenvalue weighted by molar-refractivity contribution is -0.385. The Morgan fingerprint density at radius 1 is 1.00 bits per heavy atom. The van der Waals surface area contributed by atoms with Crippen LogP contribution in [0.25, 0.3) is 0 Å². The number of benzene rings is 2. The number of nitrogens with zero attached hydrogens (tertiary/aromatic N) is 4. The van der Waals surface area contributed by atoms with E-state index in [9.17, 15) is 49.3 Å². The SMILES string of the molecule is C[C@H]1C(S[C@H]2C[C@@H](CSCCC(=O)NCC(N)=O)N(C(=O)OCc3ccc([N+](=O)[O-])cc3)C2)=C(C(=O)OCc2ccc([N+](=O)[O-])cc2)N2C(=O)[C@H]([C@@H](C)O)C12. The zero-order valence-electron chi connectivity index (χ0n) is 29.9. The first-order chi connectivity index (χ1) is 26.2. The lowest BCUT2D eigenvalue weighted by Crippen LogP contribution is -2.63. The summed E-state index contributed by atoms with van der Waals surface area (Å²) in [5, 5.41) is 34.7. The number of carbonyl (C=O) groups excluding carboxylic acids is 5. The van der Waals surface area contributed by atoms with Gasteiger partial charge in [-0.3, -0.25) is 34.6 Å². The van der Waals surface area contributed by atoms with E-state index in [4.69, 9.17) is 15.2 Å². The number of aliphatic hydroxyl groups is 1. The summed E-state index contributed by atoms with van der Waals surface area (Å²) in [6.45, 7) is 2.95. The highest BCUT2D eigenvalue weighted by Gasteiger charge is 2.60. The number of non-ortho nitro benzene ring substituents is 2. The van der Waals surface area contributed by atoms with Gasteiger partial charge in [0.15, 0.2) is 0 Å². The molecule has 0 aromatic heterocycles. The number of hydrogen-bond donors (Lipinski definition) is 3. The normalized spacial score (nSPS) is 22.1. The van der Waals surface area contributed by atoms with Crippen LogP contribution in [0, 0.1) is 32.1 Å². The highest BCUT2D eigenvalue weighted by Crippen LogP contribution is 2.52. The van der Waals surface area contributed by atoms with Gasteiger partial charge in [-0.25, -0.2) is 9.59 Å². The molecule has 3 aliphatic heterocycles. The Bertz CT molecular complexity index is 1860. The number of thioether (sulfide) groups is 2. The minimum Gasteiger partial charge on any atom is -0.456 e. The molecule has 55 heavy (non-hydrogen) atoms. The molecule has 0 saturated carbocycles. The van der Waals surface area contributed by atoms with Crippen molar-refractivity contribution in [3.05, 3.63) is 90.5 Å². The molecule has 2 aromatic carbocycles. The number of amides is 4. The molecule has 0 aliphatic carbocycles. The summed E-state index contributed by atoms with van der Waals surface area (Å²) in [4.78, 5) is 88.2. The van der Waals surface area contributed by atoms with E-state index in [2.05, 4.69) is 5.32 Å². The standard InChI is InChI=1S/C35H40N6O12S2/c1-19-30-29(20(2)42)33(45)39(30)31(34(46)52-16-21-3-7-23(8-4-21)40(48)49)32(19)55-26-13-25(18-54-12-11-28(44)37-14-27(36)43)38(15-26)35(47)53-17-22-5-9-24(10-6-22)41(50)51/h3-10,19-20,25-26,29-30,42H,11-18H2,1-2H3,(H2,36,43)(H,37,44)/t19-,20-,25+,26+,29-,30?/m1/s1. The number of hydrogen-bond acceptors (Lipinski definition) is 14. The van der Waals surface area contributed by atoms with Crippen LogP contribution in [0.3, 0.4) is 0 Å². The van der Waals surface area contributed by atoms with Gasteiger partial charge in [-0.2, -0.15) is 11.8 Å². The van der Waals surface area contributed by atoms with Crippen molar-refractivity contribution in [2.24, 2.45) is 17.6 Å². The third kappa shape index (κ3) is 9.73. The maximum atomic E-state index is 13.7. The van der Waals surface area contributed by atoms with Gasteiger partial charge in [-0.15, -0.1) is 11.8 Å². The second kappa shape index (κ2) is 17.9. The topological polar surface area (TPSA) is 255 Å². The Labute approximate surface area is 323 Å². The van der Waals surface area contributed by atoms with E-state index < -0.39 is 51.8 Å². The highest BCUT2D eigenvalue weighted by atomic mass is 32.2. The Hall–Kier alpha value is -5.21. The third-order valence-electron chi connectivity index (χ3n) is 9.48. The van der Waals surface area contributed by atoms with Crippen molar-refractivity contribution in [2.45, 2.75) is 63.3 Å². The molecule has 2 fully saturated rings. The number of rotatable bonds is 17. The molecular formula is C35H40N6O12S2. The number of likely N-dealkylation sites (tertiary alicyclic amines) is 1. The number of nitrogens with one attached hydrogen (secondary N) is 1. The fourth-order valence-corrected chi connectivity index (χ4v) is 9.37. The molecular weight excluding hydrogens is 761 g/mol. The van der Waals surface area contributed by atoms with Crippen LogP contribution < -0.4 is 11.1 Å². The van der Waals surface area contributed by atoms with E-state index in [1.54, 1.807) is 4.90 Å². The van der Waals surface area contributed by atoms with E-state index >= 15 is 0 Å². The van der Waals surface area contributed by atoms with Crippen LogP contribution in [0.15, 0.2) is 59.1 Å². The molecule has 294 valence electrons. The predicted octanol–water partition coefficient (Wildman–Crippen LogP) is 2.85. The van der Waals surface area contributed by atoms with Crippen LogP contribution in [0.1, 0.15) is 37.8 Å². The Kier molecular flexibility index (Phi) is 13.4. The van der Waals surface area contributed by atoms with Gasteiger partial charge in [0.25, 0.3) is 11.4 Å². The van der Waals surface area contributed by atoms with Gasteiger partial charge in [0.05, 0.1) is 34.5 Å². The third-order valence-corrected chi connectivity index (χ3v) is 12.1. The average Bonchev–Trinajstić information content (AvgIpc) is 3.66. The molecule has 6 atom stereocenters. The van der Waals surface area contributed by atoms with Crippen molar-refractivity contribution < 1.29 is 48.4 Å². The number of nitro benzene ring substituents is 2. The molecule has 0 spiro atoms. The maximum absolute atomic E-state index is 13.7. The van der Waals surface area contributed by atoms with Crippen molar-refractivity contribution in [3.8, 4) is 0 Å². The number of nitro groups is 2. The van der Waals surface area contributed by atoms with Crippen LogP contribution in [0.5, 0.6) is 0 Å². The van der Waals surface area contributed by atoms with Crippen LogP contribution >= 0.6 is 23.5 Å². The summed E-state index contributed by atoms with van der Waals surface area (Å²) in [5.74, 6) is -2.49. The zero-order valence-corrected chi connectivity index (χ0v) is 31.5. The Morgan fingerprint density at radius 2 is 1.58 bits per heavy atom. The number of fused-ring (bicyclic) bond motifs is 1. The summed E-state index contributed by atoms with van der Waals surface area (Å²) in [6, 6.07) is 10.3.